The Labute approximate surface area is 176 Å². The number of halogens is 2. The molecule has 0 atom stereocenters. The Hall–Kier alpha value is -3.37. The third-order valence-corrected chi connectivity index (χ3v) is 6.62. The molecule has 7 nitrogen and oxygen atoms in total. The molecule has 0 radical (unpaired) electrons. The molecule has 0 aliphatic carbocycles. The van der Waals surface area contributed by atoms with E-state index in [1.165, 1.54) is 35.5 Å². The van der Waals surface area contributed by atoms with Gasteiger partial charge in [-0.05, 0) is 34.9 Å². The van der Waals surface area contributed by atoms with Gasteiger partial charge in [0.15, 0.2) is 0 Å². The van der Waals surface area contributed by atoms with Crippen molar-refractivity contribution in [2.45, 2.75) is 24.5 Å². The van der Waals surface area contributed by atoms with Crippen LogP contribution < -0.4 is 10.0 Å². The number of hydrogen-bond acceptors (Lipinski definition) is 5. The van der Waals surface area contributed by atoms with E-state index in [9.17, 15) is 17.2 Å². The number of sulfonamides is 1. The summed E-state index contributed by atoms with van der Waals surface area (Å²) in [6, 6.07) is 12.1. The molecule has 0 unspecified atom stereocenters. The lowest BCUT2D eigenvalue weighted by atomic mass is 10.0. The Morgan fingerprint density at radius 2 is 1.94 bits per heavy atom. The van der Waals surface area contributed by atoms with Gasteiger partial charge >= 0.3 is 0 Å². The molecule has 31 heavy (non-hydrogen) atoms. The average Bonchev–Trinajstić information content (AvgIpc) is 3.35. The zero-order chi connectivity index (χ0) is 21.6. The number of hydrogen-bond donors (Lipinski definition) is 2. The van der Waals surface area contributed by atoms with E-state index in [0.717, 1.165) is 30.8 Å². The molecule has 3 heterocycles. The summed E-state index contributed by atoms with van der Waals surface area (Å²) in [4.78, 5) is 2.89. The zero-order valence-corrected chi connectivity index (χ0v) is 17.0. The van der Waals surface area contributed by atoms with E-state index in [2.05, 4.69) is 26.2 Å². The highest BCUT2D eigenvalue weighted by Crippen LogP contribution is 2.26. The first-order valence-corrected chi connectivity index (χ1v) is 11.0. The molecule has 2 aromatic carbocycles. The van der Waals surface area contributed by atoms with Crippen LogP contribution in [0.3, 0.4) is 0 Å². The minimum Gasteiger partial charge on any atom is -0.309 e. The lowest BCUT2D eigenvalue weighted by molar-refractivity contribution is 0.570. The van der Waals surface area contributed by atoms with Gasteiger partial charge in [0.2, 0.25) is 5.95 Å². The maximum absolute atomic E-state index is 14.8. The fourth-order valence-electron chi connectivity index (χ4n) is 3.78. The van der Waals surface area contributed by atoms with Gasteiger partial charge in [-0.3, -0.25) is 9.40 Å². The fraction of sp³-hybridized carbons (Fsp3) is 0.143. The molecule has 158 valence electrons. The summed E-state index contributed by atoms with van der Waals surface area (Å²) in [6.07, 6.45) is 1.50. The number of benzene rings is 2. The number of aromatic nitrogens is 3. The van der Waals surface area contributed by atoms with Crippen LogP contribution in [0.1, 0.15) is 16.7 Å². The summed E-state index contributed by atoms with van der Waals surface area (Å²) in [7, 11) is -4.31. The third-order valence-electron chi connectivity index (χ3n) is 5.25. The first-order chi connectivity index (χ1) is 14.9. The van der Waals surface area contributed by atoms with Gasteiger partial charge in [-0.2, -0.15) is 9.49 Å². The summed E-state index contributed by atoms with van der Waals surface area (Å²) in [5.74, 6) is -2.01. The van der Waals surface area contributed by atoms with E-state index in [-0.39, 0.29) is 5.82 Å². The molecule has 1 aliphatic heterocycles. The first kappa shape index (κ1) is 19.6. The maximum atomic E-state index is 14.8. The van der Waals surface area contributed by atoms with Crippen LogP contribution in [-0.4, -0.2) is 23.2 Å². The Balaban J connectivity index is 1.49. The van der Waals surface area contributed by atoms with Crippen molar-refractivity contribution in [3.05, 3.63) is 83.2 Å². The standard InChI is InChI=1S/C21H17F2N5O2S/c22-17-8-18-15(7-19(17)31(29,30)27-21-6-2-5-20(23)26-21)10-25-28(18)12-14-4-1-3-13-9-24-11-16(13)14/h1-8,10,24H,9,11-12H2,(H,26,27). The summed E-state index contributed by atoms with van der Waals surface area (Å²) >= 11 is 0. The van der Waals surface area contributed by atoms with Gasteiger partial charge in [-0.15, -0.1) is 0 Å². The van der Waals surface area contributed by atoms with Crippen molar-refractivity contribution >= 4 is 26.7 Å². The minimum absolute atomic E-state index is 0.235. The second kappa shape index (κ2) is 7.40. The number of anilines is 1. The molecule has 0 saturated carbocycles. The summed E-state index contributed by atoms with van der Waals surface area (Å²) in [6.45, 7) is 2.01. The van der Waals surface area contributed by atoms with Crippen LogP contribution in [0, 0.1) is 11.8 Å². The number of nitrogens with zero attached hydrogens (tertiary/aromatic N) is 3. The molecule has 0 amide bonds. The monoisotopic (exact) mass is 441 g/mol. The lowest BCUT2D eigenvalue weighted by Crippen LogP contribution is -2.16. The van der Waals surface area contributed by atoms with E-state index in [0.29, 0.717) is 17.4 Å². The summed E-state index contributed by atoms with van der Waals surface area (Å²) in [5.41, 5.74) is 3.98. The Morgan fingerprint density at radius 3 is 2.77 bits per heavy atom. The van der Waals surface area contributed by atoms with Crippen molar-refractivity contribution in [1.82, 2.24) is 20.1 Å². The van der Waals surface area contributed by atoms with Crippen LogP contribution >= 0.6 is 0 Å². The Bertz CT molecular complexity index is 1420. The average molecular weight is 441 g/mol. The molecule has 0 saturated heterocycles. The van der Waals surface area contributed by atoms with Crippen LogP contribution in [0.4, 0.5) is 14.6 Å². The third kappa shape index (κ3) is 3.64. The van der Waals surface area contributed by atoms with Crippen LogP contribution in [0.2, 0.25) is 0 Å². The quantitative estimate of drug-likeness (QED) is 0.465. The van der Waals surface area contributed by atoms with Crippen molar-refractivity contribution in [2.75, 3.05) is 4.72 Å². The van der Waals surface area contributed by atoms with Crippen LogP contribution in [0.15, 0.2) is 59.6 Å². The topological polar surface area (TPSA) is 88.9 Å². The zero-order valence-electron chi connectivity index (χ0n) is 16.1. The molecule has 10 heteroatoms. The van der Waals surface area contributed by atoms with Crippen LogP contribution in [0.5, 0.6) is 0 Å². The largest absolute Gasteiger partial charge is 0.309 e. The molecule has 0 bridgehead atoms. The molecule has 2 aromatic heterocycles. The molecular formula is C21H17F2N5O2S. The number of fused-ring (bicyclic) bond motifs is 2. The van der Waals surface area contributed by atoms with Crippen molar-refractivity contribution in [2.24, 2.45) is 0 Å². The van der Waals surface area contributed by atoms with E-state index in [1.54, 1.807) is 4.68 Å². The van der Waals surface area contributed by atoms with E-state index < -0.39 is 26.7 Å². The Kier molecular flexibility index (Phi) is 4.67. The molecule has 4 aromatic rings. The van der Waals surface area contributed by atoms with Crippen molar-refractivity contribution in [3.8, 4) is 0 Å². The van der Waals surface area contributed by atoms with Gasteiger partial charge in [0.05, 0.1) is 18.3 Å². The highest BCUT2D eigenvalue weighted by molar-refractivity contribution is 7.92. The highest BCUT2D eigenvalue weighted by atomic mass is 32.2. The van der Waals surface area contributed by atoms with Gasteiger partial charge in [0.25, 0.3) is 10.0 Å². The van der Waals surface area contributed by atoms with E-state index in [4.69, 9.17) is 0 Å². The predicted octanol–water partition coefficient (Wildman–Crippen LogP) is 3.16. The Morgan fingerprint density at radius 1 is 1.10 bits per heavy atom. The lowest BCUT2D eigenvalue weighted by Gasteiger charge is -2.11. The molecule has 2 N–H and O–H groups in total. The normalized spacial score (nSPS) is 13.5. The predicted molar refractivity (Wildman–Crippen MR) is 111 cm³/mol. The fourth-order valence-corrected chi connectivity index (χ4v) is 4.88. The second-order valence-corrected chi connectivity index (χ2v) is 8.90. The smallest absolute Gasteiger partial charge is 0.265 e. The number of pyridine rings is 1. The van der Waals surface area contributed by atoms with Crippen LogP contribution in [-0.2, 0) is 29.7 Å². The molecule has 0 spiro atoms. The van der Waals surface area contributed by atoms with Gasteiger partial charge < -0.3 is 5.32 Å². The number of rotatable bonds is 5. The first-order valence-electron chi connectivity index (χ1n) is 9.51. The van der Waals surface area contributed by atoms with Crippen molar-refractivity contribution in [3.63, 3.8) is 0 Å². The minimum atomic E-state index is -4.31. The number of nitrogens with one attached hydrogen (secondary N) is 2. The molecule has 1 aliphatic rings. The molecule has 5 rings (SSSR count). The van der Waals surface area contributed by atoms with Crippen molar-refractivity contribution < 1.29 is 17.2 Å². The van der Waals surface area contributed by atoms with Gasteiger partial charge in [-0.1, -0.05) is 24.3 Å². The second-order valence-electron chi connectivity index (χ2n) is 7.25. The van der Waals surface area contributed by atoms with Crippen molar-refractivity contribution in [1.29, 1.82) is 0 Å². The highest BCUT2D eigenvalue weighted by Gasteiger charge is 2.22. The molecular weight excluding hydrogens is 424 g/mol. The van der Waals surface area contributed by atoms with E-state index >= 15 is 0 Å². The summed E-state index contributed by atoms with van der Waals surface area (Å²) in [5, 5.41) is 8.11. The van der Waals surface area contributed by atoms with Gasteiger partial charge in [0, 0.05) is 24.5 Å². The summed E-state index contributed by atoms with van der Waals surface area (Å²) < 4.78 is 57.2. The molecule has 0 fully saturated rings. The van der Waals surface area contributed by atoms with Crippen LogP contribution in [0.25, 0.3) is 10.9 Å². The SMILES string of the molecule is O=S(=O)(Nc1cccc(F)n1)c1cc2cnn(Cc3cccc4c3CNC4)c2cc1F. The van der Waals surface area contributed by atoms with Gasteiger partial charge in [0.1, 0.15) is 16.5 Å². The van der Waals surface area contributed by atoms with E-state index in [1.807, 2.05) is 12.1 Å². The van der Waals surface area contributed by atoms with Gasteiger partial charge in [-0.25, -0.2) is 17.8 Å². The maximum Gasteiger partial charge on any atom is 0.265 e.